The Labute approximate surface area is 153 Å². The van der Waals surface area contributed by atoms with E-state index < -0.39 is 0 Å². The molecule has 25 heavy (non-hydrogen) atoms. The van der Waals surface area contributed by atoms with Crippen molar-refractivity contribution in [3.05, 3.63) is 46.4 Å². The zero-order chi connectivity index (χ0) is 18.2. The summed E-state index contributed by atoms with van der Waals surface area (Å²) in [4.78, 5) is 12.0. The molecule has 0 unspecified atom stereocenters. The number of hydrogen-bond donors (Lipinski definition) is 2. The summed E-state index contributed by atoms with van der Waals surface area (Å²) in [6, 6.07) is 10.3. The van der Waals surface area contributed by atoms with E-state index in [4.69, 9.17) is 19.4 Å². The van der Waals surface area contributed by atoms with Crippen LogP contribution in [0.1, 0.15) is 5.56 Å². The number of amides is 1. The summed E-state index contributed by atoms with van der Waals surface area (Å²) in [6.45, 7) is -0.200. The first-order chi connectivity index (χ1) is 12.1. The maximum absolute atomic E-state index is 12.0. The van der Waals surface area contributed by atoms with E-state index in [0.29, 0.717) is 33.0 Å². The zero-order valence-electron chi connectivity index (χ0n) is 13.7. The molecule has 2 aromatic carbocycles. The molecule has 0 bridgehead atoms. The summed E-state index contributed by atoms with van der Waals surface area (Å²) in [5.41, 5.74) is 1.25. The van der Waals surface area contributed by atoms with E-state index in [1.54, 1.807) is 43.5 Å². The van der Waals surface area contributed by atoms with E-state index in [1.165, 1.54) is 13.3 Å². The predicted molar refractivity (Wildman–Crippen MR) is 97.2 cm³/mol. The average Bonchev–Trinajstić information content (AvgIpc) is 2.61. The predicted octanol–water partition coefficient (Wildman–Crippen LogP) is 3.29. The molecule has 8 heteroatoms. The number of nitrogens with zero attached hydrogens (tertiary/aromatic N) is 1. The molecule has 1 amide bonds. The first-order valence-corrected chi connectivity index (χ1v) is 7.98. The molecule has 2 aromatic rings. The molecule has 132 valence electrons. The Morgan fingerprint density at radius 1 is 1.24 bits per heavy atom. The fourth-order valence-electron chi connectivity index (χ4n) is 2.03. The highest BCUT2D eigenvalue weighted by atomic mass is 79.9. The number of carbonyl (C=O) groups is 1. The van der Waals surface area contributed by atoms with Gasteiger partial charge in [0.05, 0.1) is 24.9 Å². The number of benzene rings is 2. The van der Waals surface area contributed by atoms with Crippen LogP contribution in [-0.4, -0.2) is 38.2 Å². The van der Waals surface area contributed by atoms with Gasteiger partial charge in [-0.1, -0.05) is 5.16 Å². The number of carbonyl (C=O) groups excluding carboxylic acids is 1. The maximum atomic E-state index is 12.0. The van der Waals surface area contributed by atoms with Crippen LogP contribution in [0.5, 0.6) is 17.2 Å². The van der Waals surface area contributed by atoms with Crippen molar-refractivity contribution in [1.29, 1.82) is 0 Å². The lowest BCUT2D eigenvalue weighted by Gasteiger charge is -2.13. The van der Waals surface area contributed by atoms with Gasteiger partial charge in [0.2, 0.25) is 0 Å². The number of ether oxygens (including phenoxy) is 3. The normalized spacial score (nSPS) is 10.5. The first-order valence-electron chi connectivity index (χ1n) is 7.19. The van der Waals surface area contributed by atoms with Crippen molar-refractivity contribution in [3.63, 3.8) is 0 Å². The number of halogens is 1. The standard InChI is InChI=1S/C17H17BrN2O5/c1-23-13-5-3-12(4-6-13)20-16(21)10-25-17-14(18)7-11(9-19-22)8-15(17)24-2/h3-9,22H,10H2,1-2H3,(H,20,21)/b19-9+. The minimum absolute atomic E-state index is 0.200. The summed E-state index contributed by atoms with van der Waals surface area (Å²) in [6.07, 6.45) is 1.26. The summed E-state index contributed by atoms with van der Waals surface area (Å²) in [7, 11) is 3.05. The van der Waals surface area contributed by atoms with Crippen LogP contribution in [0.15, 0.2) is 46.0 Å². The van der Waals surface area contributed by atoms with Gasteiger partial charge in [0.15, 0.2) is 18.1 Å². The van der Waals surface area contributed by atoms with Gasteiger partial charge in [0.25, 0.3) is 5.91 Å². The average molecular weight is 409 g/mol. The van der Waals surface area contributed by atoms with E-state index in [0.717, 1.165) is 0 Å². The number of methoxy groups -OCH3 is 2. The fraction of sp³-hybridized carbons (Fsp3) is 0.176. The Morgan fingerprint density at radius 2 is 1.96 bits per heavy atom. The molecule has 0 saturated heterocycles. The summed E-state index contributed by atoms with van der Waals surface area (Å²) in [5.74, 6) is 1.17. The van der Waals surface area contributed by atoms with E-state index in [2.05, 4.69) is 26.4 Å². The highest BCUT2D eigenvalue weighted by Crippen LogP contribution is 2.36. The van der Waals surface area contributed by atoms with E-state index in [1.807, 2.05) is 0 Å². The van der Waals surface area contributed by atoms with Gasteiger partial charge < -0.3 is 24.7 Å². The molecule has 0 radical (unpaired) electrons. The molecule has 0 aliphatic heterocycles. The van der Waals surface area contributed by atoms with Gasteiger partial charge in [-0.15, -0.1) is 0 Å². The molecule has 0 atom stereocenters. The van der Waals surface area contributed by atoms with Gasteiger partial charge >= 0.3 is 0 Å². The second-order valence-corrected chi connectivity index (χ2v) is 5.70. The van der Waals surface area contributed by atoms with Crippen LogP contribution >= 0.6 is 15.9 Å². The van der Waals surface area contributed by atoms with Crippen molar-refractivity contribution >= 4 is 33.7 Å². The van der Waals surface area contributed by atoms with Crippen molar-refractivity contribution in [3.8, 4) is 17.2 Å². The minimum Gasteiger partial charge on any atom is -0.497 e. The smallest absolute Gasteiger partial charge is 0.262 e. The van der Waals surface area contributed by atoms with Gasteiger partial charge in [-0.05, 0) is 52.3 Å². The highest BCUT2D eigenvalue weighted by Gasteiger charge is 2.13. The van der Waals surface area contributed by atoms with Crippen LogP contribution in [0.4, 0.5) is 5.69 Å². The van der Waals surface area contributed by atoms with Crippen molar-refractivity contribution in [1.82, 2.24) is 0 Å². The molecule has 2 rings (SSSR count). The van der Waals surface area contributed by atoms with Crippen LogP contribution in [-0.2, 0) is 4.79 Å². The second-order valence-electron chi connectivity index (χ2n) is 4.84. The molecule has 7 nitrogen and oxygen atoms in total. The van der Waals surface area contributed by atoms with Crippen LogP contribution < -0.4 is 19.5 Å². The molecule has 0 aliphatic carbocycles. The minimum atomic E-state index is -0.319. The Balaban J connectivity index is 2.03. The lowest BCUT2D eigenvalue weighted by Crippen LogP contribution is -2.20. The third-order valence-electron chi connectivity index (χ3n) is 3.18. The molecule has 0 heterocycles. The molecule has 0 saturated carbocycles. The molecular weight excluding hydrogens is 392 g/mol. The van der Waals surface area contributed by atoms with Crippen LogP contribution in [0, 0.1) is 0 Å². The SMILES string of the molecule is COc1ccc(NC(=O)COc2c(Br)cc(/C=N/O)cc2OC)cc1. The molecule has 0 aromatic heterocycles. The topological polar surface area (TPSA) is 89.4 Å². The van der Waals surface area contributed by atoms with Crippen LogP contribution in [0.25, 0.3) is 0 Å². The first kappa shape index (κ1) is 18.6. The van der Waals surface area contributed by atoms with E-state index in [-0.39, 0.29) is 12.5 Å². The van der Waals surface area contributed by atoms with E-state index in [9.17, 15) is 4.79 Å². The molecule has 0 aliphatic rings. The number of nitrogens with one attached hydrogen (secondary N) is 1. The Kier molecular flexibility index (Phi) is 6.64. The third-order valence-corrected chi connectivity index (χ3v) is 3.77. The van der Waals surface area contributed by atoms with Crippen LogP contribution in [0.3, 0.4) is 0 Å². The molecule has 2 N–H and O–H groups in total. The van der Waals surface area contributed by atoms with Crippen molar-refractivity contribution < 1.29 is 24.2 Å². The van der Waals surface area contributed by atoms with Gasteiger partial charge in [-0.25, -0.2) is 0 Å². The summed E-state index contributed by atoms with van der Waals surface area (Å²) >= 11 is 3.35. The van der Waals surface area contributed by atoms with Gasteiger partial charge in [-0.3, -0.25) is 4.79 Å². The van der Waals surface area contributed by atoms with E-state index >= 15 is 0 Å². The van der Waals surface area contributed by atoms with Crippen molar-refractivity contribution in [2.75, 3.05) is 26.1 Å². The maximum Gasteiger partial charge on any atom is 0.262 e. The lowest BCUT2D eigenvalue weighted by molar-refractivity contribution is -0.118. The number of rotatable bonds is 7. The Hall–Kier alpha value is -2.74. The monoisotopic (exact) mass is 408 g/mol. The number of hydrogen-bond acceptors (Lipinski definition) is 6. The van der Waals surface area contributed by atoms with Crippen molar-refractivity contribution in [2.45, 2.75) is 0 Å². The summed E-state index contributed by atoms with van der Waals surface area (Å²) < 4.78 is 16.4. The number of anilines is 1. The van der Waals surface area contributed by atoms with Crippen molar-refractivity contribution in [2.24, 2.45) is 5.16 Å². The Bertz CT molecular complexity index is 762. The molecule has 0 fully saturated rings. The quantitative estimate of drug-likeness (QED) is 0.416. The third kappa shape index (κ3) is 5.12. The van der Waals surface area contributed by atoms with Gasteiger partial charge in [-0.2, -0.15) is 0 Å². The largest absolute Gasteiger partial charge is 0.497 e. The fourth-order valence-corrected chi connectivity index (χ4v) is 2.60. The molecule has 0 spiro atoms. The Morgan fingerprint density at radius 3 is 2.56 bits per heavy atom. The second kappa shape index (κ2) is 8.93. The molecular formula is C17H17BrN2O5. The van der Waals surface area contributed by atoms with Gasteiger partial charge in [0.1, 0.15) is 5.75 Å². The van der Waals surface area contributed by atoms with Gasteiger partial charge in [0, 0.05) is 11.3 Å². The number of oxime groups is 1. The lowest BCUT2D eigenvalue weighted by atomic mass is 10.2. The zero-order valence-corrected chi connectivity index (χ0v) is 15.2. The highest BCUT2D eigenvalue weighted by molar-refractivity contribution is 9.10. The summed E-state index contributed by atoms with van der Waals surface area (Å²) in [5, 5.41) is 14.3. The van der Waals surface area contributed by atoms with Crippen LogP contribution in [0.2, 0.25) is 0 Å².